The van der Waals surface area contributed by atoms with E-state index in [9.17, 15) is 9.59 Å². The lowest BCUT2D eigenvalue weighted by atomic mass is 10.0. The quantitative estimate of drug-likeness (QED) is 0.430. The maximum Gasteiger partial charge on any atom is 0.277 e. The first-order valence-corrected chi connectivity index (χ1v) is 11.1. The van der Waals surface area contributed by atoms with Crippen LogP contribution in [0, 0.1) is 6.92 Å². The maximum atomic E-state index is 13.8. The van der Waals surface area contributed by atoms with Crippen LogP contribution in [0.3, 0.4) is 0 Å². The zero-order valence-corrected chi connectivity index (χ0v) is 19.5. The first-order valence-electron chi connectivity index (χ1n) is 11.1. The predicted molar refractivity (Wildman–Crippen MR) is 132 cm³/mol. The predicted octanol–water partition coefficient (Wildman–Crippen LogP) is 4.94. The number of amides is 2. The molecule has 0 saturated heterocycles. The molecule has 0 unspecified atom stereocenters. The summed E-state index contributed by atoms with van der Waals surface area (Å²) in [6, 6.07) is 26.6. The molecule has 7 nitrogen and oxygen atoms in total. The van der Waals surface area contributed by atoms with Gasteiger partial charge in [0, 0.05) is 19.2 Å². The smallest absolute Gasteiger partial charge is 0.277 e. The number of nitrogens with zero attached hydrogens (tertiary/aromatic N) is 4. The number of nitrogens with one attached hydrogen (secondary N) is 1. The van der Waals surface area contributed by atoms with Crippen LogP contribution in [0.4, 0.5) is 5.69 Å². The van der Waals surface area contributed by atoms with Gasteiger partial charge >= 0.3 is 0 Å². The first-order chi connectivity index (χ1) is 16.4. The molecule has 7 heteroatoms. The maximum absolute atomic E-state index is 13.8. The van der Waals surface area contributed by atoms with Crippen LogP contribution in [0.2, 0.25) is 0 Å². The Bertz CT molecular complexity index is 1280. The fraction of sp³-hybridized carbons (Fsp3) is 0.185. The summed E-state index contributed by atoms with van der Waals surface area (Å²) in [4.78, 5) is 28.6. The molecule has 4 rings (SSSR count). The summed E-state index contributed by atoms with van der Waals surface area (Å²) in [5.74, 6) is -0.351. The van der Waals surface area contributed by atoms with Crippen molar-refractivity contribution in [3.63, 3.8) is 0 Å². The average molecular weight is 454 g/mol. The molecule has 2 amide bonds. The minimum atomic E-state index is -0.275. The molecule has 0 aliphatic carbocycles. The van der Waals surface area contributed by atoms with E-state index in [0.29, 0.717) is 23.6 Å². The van der Waals surface area contributed by atoms with Crippen molar-refractivity contribution in [2.45, 2.75) is 33.4 Å². The molecule has 4 aromatic rings. The Hall–Kier alpha value is -4.26. The fourth-order valence-electron chi connectivity index (χ4n) is 3.81. The van der Waals surface area contributed by atoms with Crippen molar-refractivity contribution in [1.29, 1.82) is 0 Å². The number of aryl methyl sites for hydroxylation is 1. The molecule has 1 aromatic heterocycles. The van der Waals surface area contributed by atoms with E-state index < -0.39 is 0 Å². The monoisotopic (exact) mass is 453 g/mol. The molecule has 0 bridgehead atoms. The Labute approximate surface area is 199 Å². The summed E-state index contributed by atoms with van der Waals surface area (Å²) >= 11 is 0. The molecular weight excluding hydrogens is 426 g/mol. The van der Waals surface area contributed by atoms with Gasteiger partial charge in [0.05, 0.1) is 17.4 Å². The third-order valence-electron chi connectivity index (χ3n) is 5.59. The fourth-order valence-corrected chi connectivity index (χ4v) is 3.81. The van der Waals surface area contributed by atoms with Gasteiger partial charge < -0.3 is 10.2 Å². The lowest BCUT2D eigenvalue weighted by Gasteiger charge is -2.29. The van der Waals surface area contributed by atoms with E-state index in [2.05, 4.69) is 15.5 Å². The van der Waals surface area contributed by atoms with Gasteiger partial charge in [-0.2, -0.15) is 9.90 Å². The standard InChI is InChI=1S/C27H27N5O2/c1-19-26(30-32(29-19)25-15-8-5-9-16-25)27(34)31(18-22-11-6-4-7-12-22)20(2)23-13-10-14-24(17-23)28-21(3)33/h4-17,20H,18H2,1-3H3,(H,28,33)/t20-/m0/s1. The van der Waals surface area contributed by atoms with Gasteiger partial charge in [0.25, 0.3) is 5.91 Å². The van der Waals surface area contributed by atoms with Gasteiger partial charge in [-0.1, -0.05) is 60.7 Å². The molecule has 3 aromatic carbocycles. The number of benzene rings is 3. The summed E-state index contributed by atoms with van der Waals surface area (Å²) < 4.78 is 0. The second kappa shape index (κ2) is 10.1. The number of carbonyl (C=O) groups is 2. The second-order valence-electron chi connectivity index (χ2n) is 8.16. The van der Waals surface area contributed by atoms with Crippen LogP contribution in [0.25, 0.3) is 5.69 Å². The van der Waals surface area contributed by atoms with Crippen LogP contribution in [-0.2, 0) is 11.3 Å². The van der Waals surface area contributed by atoms with Crippen LogP contribution in [-0.4, -0.2) is 31.7 Å². The Morgan fingerprint density at radius 1 is 0.941 bits per heavy atom. The van der Waals surface area contributed by atoms with Crippen molar-refractivity contribution in [3.8, 4) is 5.69 Å². The number of hydrogen-bond donors (Lipinski definition) is 1. The van der Waals surface area contributed by atoms with E-state index in [1.165, 1.54) is 11.7 Å². The van der Waals surface area contributed by atoms with Gasteiger partial charge in [0.15, 0.2) is 5.69 Å². The molecule has 1 atom stereocenters. The minimum Gasteiger partial charge on any atom is -0.326 e. The molecule has 1 heterocycles. The van der Waals surface area contributed by atoms with Crippen molar-refractivity contribution in [3.05, 3.63) is 107 Å². The van der Waals surface area contributed by atoms with Gasteiger partial charge in [-0.25, -0.2) is 0 Å². The summed E-state index contributed by atoms with van der Waals surface area (Å²) in [6.45, 7) is 5.65. The summed E-state index contributed by atoms with van der Waals surface area (Å²) in [5, 5.41) is 11.8. The molecule has 0 fully saturated rings. The van der Waals surface area contributed by atoms with Crippen LogP contribution in [0.1, 0.15) is 47.2 Å². The third-order valence-corrected chi connectivity index (χ3v) is 5.59. The molecule has 0 spiro atoms. The molecule has 1 N–H and O–H groups in total. The van der Waals surface area contributed by atoms with E-state index in [1.54, 1.807) is 11.8 Å². The van der Waals surface area contributed by atoms with Gasteiger partial charge in [-0.15, -0.1) is 5.10 Å². The molecule has 0 radical (unpaired) electrons. The molecule has 0 aliphatic rings. The highest BCUT2D eigenvalue weighted by Crippen LogP contribution is 2.27. The van der Waals surface area contributed by atoms with Crippen molar-refractivity contribution >= 4 is 17.5 Å². The SMILES string of the molecule is CC(=O)Nc1cccc([C@H](C)N(Cc2ccccc2)C(=O)c2nn(-c3ccccc3)nc2C)c1. The molecule has 34 heavy (non-hydrogen) atoms. The lowest BCUT2D eigenvalue weighted by Crippen LogP contribution is -2.34. The largest absolute Gasteiger partial charge is 0.326 e. The number of para-hydroxylation sites is 1. The Morgan fingerprint density at radius 2 is 1.62 bits per heavy atom. The number of rotatable bonds is 7. The molecule has 0 aliphatic heterocycles. The zero-order chi connectivity index (χ0) is 24.1. The van der Waals surface area contributed by atoms with E-state index in [0.717, 1.165) is 16.8 Å². The highest BCUT2D eigenvalue weighted by molar-refractivity contribution is 5.93. The number of aromatic nitrogens is 3. The second-order valence-corrected chi connectivity index (χ2v) is 8.16. The Morgan fingerprint density at radius 3 is 2.29 bits per heavy atom. The topological polar surface area (TPSA) is 80.1 Å². The van der Waals surface area contributed by atoms with Gasteiger partial charge in [0.1, 0.15) is 0 Å². The summed E-state index contributed by atoms with van der Waals surface area (Å²) in [6.07, 6.45) is 0. The third kappa shape index (κ3) is 5.20. The van der Waals surface area contributed by atoms with Crippen LogP contribution in [0.5, 0.6) is 0 Å². The van der Waals surface area contributed by atoms with Crippen molar-refractivity contribution < 1.29 is 9.59 Å². The lowest BCUT2D eigenvalue weighted by molar-refractivity contribution is -0.114. The van der Waals surface area contributed by atoms with Crippen molar-refractivity contribution in [2.24, 2.45) is 0 Å². The zero-order valence-electron chi connectivity index (χ0n) is 19.5. The average Bonchev–Trinajstić information content (AvgIpc) is 3.24. The van der Waals surface area contributed by atoms with E-state index >= 15 is 0 Å². The molecular formula is C27H27N5O2. The molecule has 0 saturated carbocycles. The highest BCUT2D eigenvalue weighted by atomic mass is 16.2. The number of anilines is 1. The molecule has 172 valence electrons. The Balaban J connectivity index is 1.70. The van der Waals surface area contributed by atoms with Crippen LogP contribution in [0.15, 0.2) is 84.9 Å². The van der Waals surface area contributed by atoms with E-state index in [4.69, 9.17) is 0 Å². The summed E-state index contributed by atoms with van der Waals surface area (Å²) in [7, 11) is 0. The van der Waals surface area contributed by atoms with Crippen LogP contribution >= 0.6 is 0 Å². The van der Waals surface area contributed by atoms with Crippen LogP contribution < -0.4 is 5.32 Å². The Kier molecular flexibility index (Phi) is 6.82. The van der Waals surface area contributed by atoms with Crippen molar-refractivity contribution in [2.75, 3.05) is 5.32 Å². The van der Waals surface area contributed by atoms with Gasteiger partial charge in [0.2, 0.25) is 5.91 Å². The van der Waals surface area contributed by atoms with Gasteiger partial charge in [-0.05, 0) is 49.2 Å². The van der Waals surface area contributed by atoms with Crippen molar-refractivity contribution in [1.82, 2.24) is 19.9 Å². The number of carbonyl (C=O) groups excluding carboxylic acids is 2. The minimum absolute atomic E-state index is 0.143. The first kappa shape index (κ1) is 22.9. The van der Waals surface area contributed by atoms with E-state index in [1.807, 2.05) is 91.9 Å². The van der Waals surface area contributed by atoms with E-state index in [-0.39, 0.29) is 17.9 Å². The van der Waals surface area contributed by atoms with Gasteiger partial charge in [-0.3, -0.25) is 9.59 Å². The normalized spacial score (nSPS) is 11.6. The number of hydrogen-bond acceptors (Lipinski definition) is 4. The summed E-state index contributed by atoms with van der Waals surface area (Å²) in [5.41, 5.74) is 4.26. The highest BCUT2D eigenvalue weighted by Gasteiger charge is 2.27.